The molecule has 3 aromatic rings. The van der Waals surface area contributed by atoms with Crippen molar-refractivity contribution in [1.29, 1.82) is 0 Å². The Morgan fingerprint density at radius 2 is 2.07 bits per heavy atom. The number of methoxy groups -OCH3 is 1. The molecule has 2 aromatic heterocycles. The third kappa shape index (κ3) is 3.56. The van der Waals surface area contributed by atoms with Crippen molar-refractivity contribution in [3.63, 3.8) is 0 Å². The molecule has 4 rings (SSSR count). The van der Waals surface area contributed by atoms with Crippen LogP contribution in [0.3, 0.4) is 0 Å². The molecule has 7 heteroatoms. The first kappa shape index (κ1) is 19.3. The summed E-state index contributed by atoms with van der Waals surface area (Å²) in [6.45, 7) is 4.01. The molecule has 1 aliphatic rings. The molecule has 1 atom stereocenters. The van der Waals surface area contributed by atoms with Gasteiger partial charge in [-0.15, -0.1) is 0 Å². The number of hydrogen-bond donors (Lipinski definition) is 0. The van der Waals surface area contributed by atoms with E-state index in [2.05, 4.69) is 9.55 Å². The maximum absolute atomic E-state index is 11.8. The minimum Gasteiger partial charge on any atom is -0.469 e. The van der Waals surface area contributed by atoms with Crippen LogP contribution >= 0.6 is 11.6 Å². The van der Waals surface area contributed by atoms with Crippen molar-refractivity contribution >= 4 is 23.3 Å². The summed E-state index contributed by atoms with van der Waals surface area (Å²) in [5.74, 6) is 0.536. The molecule has 148 valence electrons. The van der Waals surface area contributed by atoms with E-state index in [1.165, 1.54) is 7.11 Å². The number of halogens is 1. The molecule has 0 amide bonds. The molecule has 0 fully saturated rings. The Balaban J connectivity index is 1.96. The molecule has 3 heterocycles. The molecule has 29 heavy (non-hydrogen) atoms. The number of esters is 1. The van der Waals surface area contributed by atoms with Gasteiger partial charge in [0.2, 0.25) is 0 Å². The number of ether oxygens (including phenoxy) is 1. The number of nitrogens with zero attached hydrogens (tertiary/aromatic N) is 4. The van der Waals surface area contributed by atoms with Crippen LogP contribution in [0, 0.1) is 13.8 Å². The topological polar surface area (TPSA) is 69.4 Å². The van der Waals surface area contributed by atoms with E-state index >= 15 is 0 Å². The zero-order valence-corrected chi connectivity index (χ0v) is 17.3. The SMILES string of the molecule is COC(=O)CC[C@@H]1N=C(c2ccccn2)c2cc(Cl)ccc2-n2c1nc(C)c2C. The molecule has 0 saturated heterocycles. The van der Waals surface area contributed by atoms with Crippen LogP contribution in [0.15, 0.2) is 47.6 Å². The summed E-state index contributed by atoms with van der Waals surface area (Å²) in [5.41, 5.74) is 5.29. The van der Waals surface area contributed by atoms with E-state index in [9.17, 15) is 4.79 Å². The second kappa shape index (κ2) is 7.79. The van der Waals surface area contributed by atoms with Gasteiger partial charge in [0.1, 0.15) is 11.9 Å². The number of aliphatic imine (C=N–C) groups is 1. The van der Waals surface area contributed by atoms with Gasteiger partial charge in [-0.25, -0.2) is 4.98 Å². The smallest absolute Gasteiger partial charge is 0.305 e. The van der Waals surface area contributed by atoms with Gasteiger partial charge in [-0.1, -0.05) is 17.7 Å². The van der Waals surface area contributed by atoms with E-state index in [0.717, 1.165) is 39.9 Å². The van der Waals surface area contributed by atoms with Gasteiger partial charge >= 0.3 is 5.97 Å². The van der Waals surface area contributed by atoms with Crippen LogP contribution in [0.4, 0.5) is 0 Å². The fourth-order valence-corrected chi connectivity index (χ4v) is 3.77. The van der Waals surface area contributed by atoms with Crippen molar-refractivity contribution < 1.29 is 9.53 Å². The minimum absolute atomic E-state index is 0.252. The van der Waals surface area contributed by atoms with Crippen LogP contribution in [-0.4, -0.2) is 33.3 Å². The van der Waals surface area contributed by atoms with Crippen LogP contribution < -0.4 is 0 Å². The number of benzene rings is 1. The van der Waals surface area contributed by atoms with Crippen molar-refractivity contribution in [3.05, 3.63) is 76.1 Å². The normalized spacial score (nSPS) is 15.2. The fraction of sp³-hybridized carbons (Fsp3) is 0.273. The second-order valence-corrected chi connectivity index (χ2v) is 7.40. The maximum atomic E-state index is 11.8. The van der Waals surface area contributed by atoms with E-state index < -0.39 is 0 Å². The summed E-state index contributed by atoms with van der Waals surface area (Å²) in [6, 6.07) is 11.2. The first-order valence-corrected chi connectivity index (χ1v) is 9.79. The summed E-state index contributed by atoms with van der Waals surface area (Å²) in [6.07, 6.45) is 2.48. The molecule has 0 N–H and O–H groups in total. The van der Waals surface area contributed by atoms with Crippen molar-refractivity contribution in [2.45, 2.75) is 32.7 Å². The highest BCUT2D eigenvalue weighted by atomic mass is 35.5. The Hall–Kier alpha value is -2.99. The number of aromatic nitrogens is 3. The maximum Gasteiger partial charge on any atom is 0.305 e. The van der Waals surface area contributed by atoms with Gasteiger partial charge in [-0.05, 0) is 50.6 Å². The molecule has 0 bridgehead atoms. The van der Waals surface area contributed by atoms with Gasteiger partial charge in [0.25, 0.3) is 0 Å². The highest BCUT2D eigenvalue weighted by Gasteiger charge is 2.29. The van der Waals surface area contributed by atoms with E-state index in [4.69, 9.17) is 26.3 Å². The number of fused-ring (bicyclic) bond motifs is 3. The predicted molar refractivity (Wildman–Crippen MR) is 112 cm³/mol. The largest absolute Gasteiger partial charge is 0.469 e. The lowest BCUT2D eigenvalue weighted by Crippen LogP contribution is -2.09. The van der Waals surface area contributed by atoms with Gasteiger partial charge in [-0.2, -0.15) is 0 Å². The molecule has 0 unspecified atom stereocenters. The summed E-state index contributed by atoms with van der Waals surface area (Å²) < 4.78 is 6.95. The summed E-state index contributed by atoms with van der Waals surface area (Å²) in [4.78, 5) is 26.2. The van der Waals surface area contributed by atoms with Crippen molar-refractivity contribution in [1.82, 2.24) is 14.5 Å². The lowest BCUT2D eigenvalue weighted by molar-refractivity contribution is -0.140. The van der Waals surface area contributed by atoms with Crippen molar-refractivity contribution in [2.75, 3.05) is 7.11 Å². The quantitative estimate of drug-likeness (QED) is 0.600. The second-order valence-electron chi connectivity index (χ2n) is 6.96. The lowest BCUT2D eigenvalue weighted by atomic mass is 10.0. The Morgan fingerprint density at radius 1 is 1.24 bits per heavy atom. The first-order valence-electron chi connectivity index (χ1n) is 9.41. The van der Waals surface area contributed by atoms with Crippen LogP contribution in [0.25, 0.3) is 5.69 Å². The van der Waals surface area contributed by atoms with Crippen molar-refractivity contribution in [2.24, 2.45) is 4.99 Å². The number of carbonyl (C=O) groups is 1. The minimum atomic E-state index is -0.315. The Kier molecular flexibility index (Phi) is 5.20. The molecule has 0 spiro atoms. The Labute approximate surface area is 174 Å². The number of hydrogen-bond acceptors (Lipinski definition) is 5. The lowest BCUT2D eigenvalue weighted by Gasteiger charge is -2.14. The third-order valence-electron chi connectivity index (χ3n) is 5.17. The predicted octanol–water partition coefficient (Wildman–Crippen LogP) is 4.38. The number of aryl methyl sites for hydroxylation is 1. The van der Waals surface area contributed by atoms with Crippen LogP contribution in [0.5, 0.6) is 0 Å². The van der Waals surface area contributed by atoms with E-state index in [1.807, 2.05) is 50.2 Å². The average molecular weight is 409 g/mol. The molecular weight excluding hydrogens is 388 g/mol. The molecule has 1 aromatic carbocycles. The monoisotopic (exact) mass is 408 g/mol. The van der Waals surface area contributed by atoms with Gasteiger partial charge < -0.3 is 4.74 Å². The average Bonchev–Trinajstić information content (AvgIpc) is 2.95. The van der Waals surface area contributed by atoms with Crippen LogP contribution in [0.1, 0.15) is 47.4 Å². The molecule has 1 aliphatic heterocycles. The molecule has 0 aliphatic carbocycles. The number of pyridine rings is 1. The van der Waals surface area contributed by atoms with Gasteiger partial charge in [0, 0.05) is 28.9 Å². The molecule has 0 saturated carbocycles. The zero-order chi connectivity index (χ0) is 20.5. The standard InChI is InChI=1S/C22H21ClN4O2/c1-13-14(2)27-19-9-7-15(23)12-16(19)21(17-6-4-5-11-24-17)26-18(22(27)25-13)8-10-20(28)29-3/h4-7,9,11-12,18H,8,10H2,1-3H3/t18-/m0/s1. The molecular formula is C22H21ClN4O2. The Bertz CT molecular complexity index is 1110. The first-order chi connectivity index (χ1) is 14.0. The van der Waals surface area contributed by atoms with Crippen LogP contribution in [0.2, 0.25) is 5.02 Å². The molecule has 6 nitrogen and oxygen atoms in total. The molecule has 0 radical (unpaired) electrons. The summed E-state index contributed by atoms with van der Waals surface area (Å²) in [7, 11) is 1.39. The van der Waals surface area contributed by atoms with Gasteiger partial charge in [-0.3, -0.25) is 19.3 Å². The zero-order valence-electron chi connectivity index (χ0n) is 16.5. The summed E-state index contributed by atoms with van der Waals surface area (Å²) >= 11 is 6.35. The highest BCUT2D eigenvalue weighted by Crippen LogP contribution is 2.35. The summed E-state index contributed by atoms with van der Waals surface area (Å²) in [5, 5.41) is 0.622. The van der Waals surface area contributed by atoms with Crippen molar-refractivity contribution in [3.8, 4) is 5.69 Å². The van der Waals surface area contributed by atoms with E-state index in [-0.39, 0.29) is 18.4 Å². The van der Waals surface area contributed by atoms with Gasteiger partial charge in [0.15, 0.2) is 0 Å². The van der Waals surface area contributed by atoms with Crippen LogP contribution in [-0.2, 0) is 9.53 Å². The highest BCUT2D eigenvalue weighted by molar-refractivity contribution is 6.31. The number of rotatable bonds is 4. The van der Waals surface area contributed by atoms with E-state index in [0.29, 0.717) is 11.4 Å². The van der Waals surface area contributed by atoms with Gasteiger partial charge in [0.05, 0.1) is 29.9 Å². The third-order valence-corrected chi connectivity index (χ3v) is 5.40. The Morgan fingerprint density at radius 3 is 2.79 bits per heavy atom. The van der Waals surface area contributed by atoms with E-state index in [1.54, 1.807) is 6.20 Å². The number of carbonyl (C=O) groups excluding carboxylic acids is 1. The number of imidazole rings is 1. The fourth-order valence-electron chi connectivity index (χ4n) is 3.60.